The molecule has 0 radical (unpaired) electrons. The molecular formula is C25H18F6N4O2. The molecule has 0 aliphatic heterocycles. The minimum Gasteiger partial charge on any atom is -0.497 e. The average Bonchev–Trinajstić information content (AvgIpc) is 3.27. The van der Waals surface area contributed by atoms with Crippen LogP contribution in [0.1, 0.15) is 11.1 Å². The van der Waals surface area contributed by atoms with Crippen LogP contribution >= 0.6 is 0 Å². The zero-order valence-corrected chi connectivity index (χ0v) is 19.0. The highest BCUT2D eigenvalue weighted by atomic mass is 19.4. The number of methoxy groups -OCH3 is 1. The van der Waals surface area contributed by atoms with Gasteiger partial charge >= 0.3 is 18.4 Å². The minimum atomic E-state index is -5.05. The van der Waals surface area contributed by atoms with E-state index in [2.05, 4.69) is 15.7 Å². The minimum absolute atomic E-state index is 0.0199. The molecule has 0 saturated heterocycles. The Morgan fingerprint density at radius 3 is 1.95 bits per heavy atom. The summed E-state index contributed by atoms with van der Waals surface area (Å²) < 4.78 is 85.5. The summed E-state index contributed by atoms with van der Waals surface area (Å²) in [5, 5.41) is 8.99. The highest BCUT2D eigenvalue weighted by Crippen LogP contribution is 2.37. The number of aromatic nitrogens is 2. The fourth-order valence-electron chi connectivity index (χ4n) is 3.45. The van der Waals surface area contributed by atoms with Crippen molar-refractivity contribution in [3.63, 3.8) is 0 Å². The number of amides is 2. The SMILES string of the molecule is COc1ccc(-n2nc(-c3ccccc3)cc2NC(=O)Nc2cc(C(F)(F)F)cc(C(F)(F)F)c2)cc1. The van der Waals surface area contributed by atoms with E-state index in [1.54, 1.807) is 54.6 Å². The molecule has 0 spiro atoms. The van der Waals surface area contributed by atoms with Crippen LogP contribution in [-0.4, -0.2) is 22.9 Å². The Kier molecular flexibility index (Phi) is 6.84. The van der Waals surface area contributed by atoms with E-state index in [0.29, 0.717) is 34.8 Å². The molecule has 2 N–H and O–H groups in total. The van der Waals surface area contributed by atoms with E-state index in [0.717, 1.165) is 0 Å². The summed E-state index contributed by atoms with van der Waals surface area (Å²) in [7, 11) is 1.49. The second-order valence-electron chi connectivity index (χ2n) is 7.76. The van der Waals surface area contributed by atoms with Gasteiger partial charge in [0.2, 0.25) is 0 Å². The highest BCUT2D eigenvalue weighted by molar-refractivity contribution is 5.99. The van der Waals surface area contributed by atoms with Gasteiger partial charge in [0.15, 0.2) is 0 Å². The van der Waals surface area contributed by atoms with Crippen molar-refractivity contribution in [2.45, 2.75) is 12.4 Å². The van der Waals surface area contributed by atoms with E-state index in [9.17, 15) is 31.1 Å². The molecule has 2 amide bonds. The number of benzene rings is 3. The third-order valence-corrected chi connectivity index (χ3v) is 5.18. The molecule has 4 rings (SSSR count). The summed E-state index contributed by atoms with van der Waals surface area (Å²) in [4.78, 5) is 12.7. The number of ether oxygens (including phenoxy) is 1. The van der Waals surface area contributed by atoms with Crippen molar-refractivity contribution in [1.29, 1.82) is 0 Å². The number of nitrogens with one attached hydrogen (secondary N) is 2. The van der Waals surface area contributed by atoms with Gasteiger partial charge in [-0.05, 0) is 42.5 Å². The number of hydrogen-bond donors (Lipinski definition) is 2. The summed E-state index contributed by atoms with van der Waals surface area (Å²) in [6, 6.07) is 16.9. The average molecular weight is 520 g/mol. The lowest BCUT2D eigenvalue weighted by atomic mass is 10.1. The number of alkyl halides is 6. The number of urea groups is 1. The van der Waals surface area contributed by atoms with E-state index >= 15 is 0 Å². The van der Waals surface area contributed by atoms with Gasteiger partial charge in [0.1, 0.15) is 11.6 Å². The van der Waals surface area contributed by atoms with Crippen LogP contribution in [0.15, 0.2) is 78.9 Å². The predicted octanol–water partition coefficient (Wildman–Crippen LogP) is 7.23. The monoisotopic (exact) mass is 520 g/mol. The molecule has 6 nitrogen and oxygen atoms in total. The lowest BCUT2D eigenvalue weighted by Crippen LogP contribution is -2.22. The number of halogens is 6. The molecule has 12 heteroatoms. The van der Waals surface area contributed by atoms with Crippen molar-refractivity contribution < 1.29 is 35.9 Å². The Labute approximate surface area is 206 Å². The molecule has 4 aromatic rings. The Balaban J connectivity index is 1.67. The maximum absolute atomic E-state index is 13.2. The van der Waals surface area contributed by atoms with Crippen molar-refractivity contribution >= 4 is 17.5 Å². The van der Waals surface area contributed by atoms with Crippen LogP contribution < -0.4 is 15.4 Å². The number of nitrogens with zero attached hydrogens (tertiary/aromatic N) is 2. The smallest absolute Gasteiger partial charge is 0.416 e. The van der Waals surface area contributed by atoms with Crippen molar-refractivity contribution in [2.75, 3.05) is 17.7 Å². The Bertz CT molecular complexity index is 1370. The van der Waals surface area contributed by atoms with Crippen molar-refractivity contribution in [2.24, 2.45) is 0 Å². The number of hydrogen-bond acceptors (Lipinski definition) is 3. The van der Waals surface area contributed by atoms with Crippen LogP contribution in [0.3, 0.4) is 0 Å². The first kappa shape index (κ1) is 25.6. The fourth-order valence-corrected chi connectivity index (χ4v) is 3.45. The van der Waals surface area contributed by atoms with Gasteiger partial charge in [-0.2, -0.15) is 31.4 Å². The van der Waals surface area contributed by atoms with Crippen molar-refractivity contribution in [3.8, 4) is 22.7 Å². The van der Waals surface area contributed by atoms with Gasteiger partial charge in [-0.3, -0.25) is 5.32 Å². The van der Waals surface area contributed by atoms with Gasteiger partial charge < -0.3 is 10.1 Å². The topological polar surface area (TPSA) is 68.2 Å². The van der Waals surface area contributed by atoms with E-state index in [4.69, 9.17) is 4.74 Å². The Hall–Kier alpha value is -4.48. The number of anilines is 2. The van der Waals surface area contributed by atoms with E-state index in [-0.39, 0.29) is 11.9 Å². The molecule has 0 bridgehead atoms. The third kappa shape index (κ3) is 6.02. The number of carbonyl (C=O) groups excluding carboxylic acids is 1. The standard InChI is InChI=1S/C25H18F6N4O2/c1-37-20-9-7-19(8-10-20)35-22(14-21(34-35)15-5-3-2-4-6-15)33-23(36)32-18-12-16(24(26,27)28)11-17(13-18)25(29,30)31/h2-14H,1H3,(H2,32,33,36). The molecule has 0 saturated carbocycles. The van der Waals surface area contributed by atoms with Crippen molar-refractivity contribution in [1.82, 2.24) is 9.78 Å². The van der Waals surface area contributed by atoms with Crippen LogP contribution in [0, 0.1) is 0 Å². The van der Waals surface area contributed by atoms with E-state index < -0.39 is 35.2 Å². The molecule has 1 heterocycles. The van der Waals surface area contributed by atoms with Crippen LogP contribution in [0.4, 0.5) is 42.6 Å². The summed E-state index contributed by atoms with van der Waals surface area (Å²) in [6.07, 6.45) is -10.1. The highest BCUT2D eigenvalue weighted by Gasteiger charge is 2.37. The molecule has 0 atom stereocenters. The molecule has 192 valence electrons. The second kappa shape index (κ2) is 9.88. The number of rotatable bonds is 5. The lowest BCUT2D eigenvalue weighted by molar-refractivity contribution is -0.143. The molecule has 0 fully saturated rings. The zero-order chi connectivity index (χ0) is 26.8. The maximum Gasteiger partial charge on any atom is 0.416 e. The number of carbonyl (C=O) groups is 1. The second-order valence-corrected chi connectivity index (χ2v) is 7.76. The first-order valence-corrected chi connectivity index (χ1v) is 10.6. The van der Waals surface area contributed by atoms with Gasteiger partial charge in [0.25, 0.3) is 0 Å². The van der Waals surface area contributed by atoms with E-state index in [1.807, 2.05) is 0 Å². The van der Waals surface area contributed by atoms with Crippen LogP contribution in [-0.2, 0) is 12.4 Å². The molecule has 0 unspecified atom stereocenters. The third-order valence-electron chi connectivity index (χ3n) is 5.18. The summed E-state index contributed by atoms with van der Waals surface area (Å²) in [5.41, 5.74) is -2.09. The first-order chi connectivity index (χ1) is 17.4. The molecule has 37 heavy (non-hydrogen) atoms. The van der Waals surface area contributed by atoms with Crippen molar-refractivity contribution in [3.05, 3.63) is 90.0 Å². The molecule has 0 aliphatic rings. The molecule has 0 aliphatic carbocycles. The van der Waals surface area contributed by atoms with Crippen LogP contribution in [0.25, 0.3) is 16.9 Å². The largest absolute Gasteiger partial charge is 0.497 e. The first-order valence-electron chi connectivity index (χ1n) is 10.6. The zero-order valence-electron chi connectivity index (χ0n) is 19.0. The van der Waals surface area contributed by atoms with Crippen LogP contribution in [0.2, 0.25) is 0 Å². The predicted molar refractivity (Wildman–Crippen MR) is 125 cm³/mol. The van der Waals surface area contributed by atoms with Gasteiger partial charge in [-0.1, -0.05) is 30.3 Å². The fraction of sp³-hybridized carbons (Fsp3) is 0.120. The van der Waals surface area contributed by atoms with Crippen LogP contribution in [0.5, 0.6) is 5.75 Å². The van der Waals surface area contributed by atoms with Gasteiger partial charge in [0.05, 0.1) is 29.6 Å². The van der Waals surface area contributed by atoms with Gasteiger partial charge in [0, 0.05) is 17.3 Å². The van der Waals surface area contributed by atoms with E-state index in [1.165, 1.54) is 17.9 Å². The lowest BCUT2D eigenvalue weighted by Gasteiger charge is -2.15. The maximum atomic E-state index is 13.2. The van der Waals surface area contributed by atoms with Gasteiger partial charge in [-0.15, -0.1) is 0 Å². The summed E-state index contributed by atoms with van der Waals surface area (Å²) in [5.74, 6) is 0.681. The molecular weight excluding hydrogens is 502 g/mol. The summed E-state index contributed by atoms with van der Waals surface area (Å²) in [6.45, 7) is 0. The molecule has 3 aromatic carbocycles. The Morgan fingerprint density at radius 1 is 0.811 bits per heavy atom. The normalized spacial score (nSPS) is 11.8. The quantitative estimate of drug-likeness (QED) is 0.273. The molecule has 1 aromatic heterocycles. The van der Waals surface area contributed by atoms with Gasteiger partial charge in [-0.25, -0.2) is 9.48 Å². The Morgan fingerprint density at radius 2 is 1.41 bits per heavy atom. The summed E-state index contributed by atoms with van der Waals surface area (Å²) >= 11 is 0.